The number of methoxy groups -OCH3 is 1. The second-order valence-corrected chi connectivity index (χ2v) is 7.66. The molecule has 0 spiro atoms. The van der Waals surface area contributed by atoms with Crippen LogP contribution < -0.4 is 9.64 Å². The largest absolute Gasteiger partial charge is 0.497 e. The topological polar surface area (TPSA) is 41.5 Å². The van der Waals surface area contributed by atoms with E-state index in [-0.39, 0.29) is 0 Å². The van der Waals surface area contributed by atoms with E-state index in [9.17, 15) is 0 Å². The van der Waals surface area contributed by atoms with Gasteiger partial charge in [-0.1, -0.05) is 18.2 Å². The van der Waals surface area contributed by atoms with Gasteiger partial charge in [0.25, 0.3) is 0 Å². The van der Waals surface area contributed by atoms with Gasteiger partial charge in [-0.15, -0.1) is 10.2 Å². The van der Waals surface area contributed by atoms with Crippen molar-refractivity contribution in [3.05, 3.63) is 48.5 Å². The number of likely N-dealkylation sites (N-methyl/N-ethyl adjacent to an activating group) is 1. The normalized spacial score (nSPS) is 22.4. The number of fused-ring (bicyclic) bond motifs is 3. The monoisotopic (exact) mass is 360 g/mol. The first-order valence-electron chi connectivity index (χ1n) is 9.60. The Hall–Kier alpha value is -2.66. The maximum absolute atomic E-state index is 5.30. The van der Waals surface area contributed by atoms with Crippen LogP contribution in [-0.4, -0.2) is 54.4 Å². The van der Waals surface area contributed by atoms with Crippen molar-refractivity contribution in [3.63, 3.8) is 0 Å². The molecule has 0 amide bonds. The molecule has 0 aliphatic carbocycles. The van der Waals surface area contributed by atoms with Gasteiger partial charge in [-0.25, -0.2) is 0 Å². The number of piperazine rings is 1. The number of benzene rings is 2. The number of hydrogen-bond acceptors (Lipinski definition) is 5. The van der Waals surface area contributed by atoms with E-state index < -0.39 is 0 Å². The SMILES string of the molecule is COc1ccc2cc(-c3ccc(N4CC5CCC(C4)N5C)nn3)ccc2c1. The Balaban J connectivity index is 1.39. The van der Waals surface area contributed by atoms with Crippen LogP contribution in [0.1, 0.15) is 12.8 Å². The lowest BCUT2D eigenvalue weighted by molar-refractivity contribution is 0.211. The summed E-state index contributed by atoms with van der Waals surface area (Å²) in [5.41, 5.74) is 2.00. The fourth-order valence-corrected chi connectivity index (χ4v) is 4.46. The Morgan fingerprint density at radius 3 is 2.33 bits per heavy atom. The van der Waals surface area contributed by atoms with Crippen molar-refractivity contribution in [1.82, 2.24) is 15.1 Å². The Labute approximate surface area is 159 Å². The van der Waals surface area contributed by atoms with Gasteiger partial charge in [0.2, 0.25) is 0 Å². The zero-order valence-corrected chi connectivity index (χ0v) is 15.8. The fraction of sp³-hybridized carbons (Fsp3) is 0.364. The predicted molar refractivity (Wildman–Crippen MR) is 108 cm³/mol. The molecule has 27 heavy (non-hydrogen) atoms. The summed E-state index contributed by atoms with van der Waals surface area (Å²) in [4.78, 5) is 4.92. The van der Waals surface area contributed by atoms with E-state index in [0.717, 1.165) is 41.3 Å². The van der Waals surface area contributed by atoms with Crippen molar-refractivity contribution in [2.24, 2.45) is 0 Å². The molecule has 5 nitrogen and oxygen atoms in total. The molecule has 0 radical (unpaired) electrons. The molecule has 3 heterocycles. The molecule has 2 bridgehead atoms. The van der Waals surface area contributed by atoms with Crippen LogP contribution in [0.4, 0.5) is 5.82 Å². The molecule has 2 saturated heterocycles. The van der Waals surface area contributed by atoms with E-state index in [1.165, 1.54) is 18.2 Å². The highest BCUT2D eigenvalue weighted by atomic mass is 16.5. The number of aromatic nitrogens is 2. The lowest BCUT2D eigenvalue weighted by Crippen LogP contribution is -2.52. The highest BCUT2D eigenvalue weighted by Gasteiger charge is 2.37. The molecule has 2 atom stereocenters. The Kier molecular flexibility index (Phi) is 3.97. The van der Waals surface area contributed by atoms with Gasteiger partial charge in [-0.2, -0.15) is 0 Å². The summed E-state index contributed by atoms with van der Waals surface area (Å²) in [7, 11) is 3.95. The van der Waals surface area contributed by atoms with E-state index in [4.69, 9.17) is 4.74 Å². The summed E-state index contributed by atoms with van der Waals surface area (Å²) in [5, 5.41) is 11.4. The predicted octanol–water partition coefficient (Wildman–Crippen LogP) is 3.59. The van der Waals surface area contributed by atoms with Crippen LogP contribution in [0.25, 0.3) is 22.0 Å². The summed E-state index contributed by atoms with van der Waals surface area (Å²) in [5.74, 6) is 1.87. The van der Waals surface area contributed by atoms with Crippen molar-refractivity contribution >= 4 is 16.6 Å². The summed E-state index contributed by atoms with van der Waals surface area (Å²) < 4.78 is 5.30. The number of rotatable bonds is 3. The average molecular weight is 360 g/mol. The maximum Gasteiger partial charge on any atom is 0.151 e. The van der Waals surface area contributed by atoms with Crippen LogP contribution in [0.3, 0.4) is 0 Å². The highest BCUT2D eigenvalue weighted by molar-refractivity contribution is 5.87. The number of ether oxygens (including phenoxy) is 1. The maximum atomic E-state index is 5.30. The molecule has 0 saturated carbocycles. The molecular formula is C22H24N4O. The van der Waals surface area contributed by atoms with E-state index >= 15 is 0 Å². The van der Waals surface area contributed by atoms with Crippen molar-refractivity contribution in [2.45, 2.75) is 24.9 Å². The van der Waals surface area contributed by atoms with Crippen LogP contribution >= 0.6 is 0 Å². The molecule has 0 N–H and O–H groups in total. The van der Waals surface area contributed by atoms with Gasteiger partial charge < -0.3 is 9.64 Å². The standard InChI is InChI=1S/C22H24N4O/c1-25-18-6-7-19(25)14-26(13-18)22-10-9-21(23-24-22)17-4-3-16-12-20(27-2)8-5-15(16)11-17/h3-5,8-12,18-19H,6-7,13-14H2,1-2H3. The quantitative estimate of drug-likeness (QED) is 0.714. The third-order valence-corrected chi connectivity index (χ3v) is 6.16. The summed E-state index contributed by atoms with van der Waals surface area (Å²) in [6, 6.07) is 18.0. The van der Waals surface area contributed by atoms with Crippen LogP contribution in [0.2, 0.25) is 0 Å². The van der Waals surface area contributed by atoms with Crippen molar-refractivity contribution in [3.8, 4) is 17.0 Å². The Morgan fingerprint density at radius 1 is 0.889 bits per heavy atom. The number of hydrogen-bond donors (Lipinski definition) is 0. The van der Waals surface area contributed by atoms with Crippen molar-refractivity contribution < 1.29 is 4.74 Å². The minimum atomic E-state index is 0.655. The van der Waals surface area contributed by atoms with E-state index in [1.54, 1.807) is 7.11 Å². The molecule has 3 aromatic rings. The van der Waals surface area contributed by atoms with Crippen LogP contribution in [0, 0.1) is 0 Å². The molecule has 2 aromatic carbocycles. The van der Waals surface area contributed by atoms with Crippen molar-refractivity contribution in [1.29, 1.82) is 0 Å². The number of anilines is 1. The summed E-state index contributed by atoms with van der Waals surface area (Å²) >= 11 is 0. The summed E-state index contributed by atoms with van der Waals surface area (Å²) in [6.07, 6.45) is 2.59. The molecule has 2 aliphatic rings. The fourth-order valence-electron chi connectivity index (χ4n) is 4.46. The average Bonchev–Trinajstić information content (AvgIpc) is 2.93. The van der Waals surface area contributed by atoms with Gasteiger partial charge in [0.05, 0.1) is 12.8 Å². The number of nitrogens with zero attached hydrogens (tertiary/aromatic N) is 4. The second kappa shape index (κ2) is 6.50. The van der Waals surface area contributed by atoms with Gasteiger partial charge in [-0.05, 0) is 61.0 Å². The Morgan fingerprint density at radius 2 is 1.63 bits per heavy atom. The molecule has 5 heteroatoms. The molecule has 2 aliphatic heterocycles. The Bertz CT molecular complexity index is 958. The van der Waals surface area contributed by atoms with Crippen LogP contribution in [0.15, 0.2) is 48.5 Å². The van der Waals surface area contributed by atoms with Gasteiger partial charge in [0, 0.05) is 30.7 Å². The highest BCUT2D eigenvalue weighted by Crippen LogP contribution is 2.31. The van der Waals surface area contributed by atoms with Gasteiger partial charge in [0.15, 0.2) is 5.82 Å². The van der Waals surface area contributed by atoms with E-state index in [0.29, 0.717) is 12.1 Å². The smallest absolute Gasteiger partial charge is 0.151 e. The first-order valence-corrected chi connectivity index (χ1v) is 9.60. The lowest BCUT2D eigenvalue weighted by atomic mass is 10.0. The zero-order chi connectivity index (χ0) is 18.4. The molecule has 2 unspecified atom stereocenters. The first kappa shape index (κ1) is 16.5. The van der Waals surface area contributed by atoms with E-state index in [1.807, 2.05) is 6.07 Å². The molecule has 1 aromatic heterocycles. The lowest BCUT2D eigenvalue weighted by Gasteiger charge is -2.39. The molecule has 5 rings (SSSR count). The minimum absolute atomic E-state index is 0.655. The zero-order valence-electron chi connectivity index (χ0n) is 15.8. The van der Waals surface area contributed by atoms with Gasteiger partial charge in [0.1, 0.15) is 5.75 Å². The van der Waals surface area contributed by atoms with Crippen LogP contribution in [-0.2, 0) is 0 Å². The summed E-state index contributed by atoms with van der Waals surface area (Å²) in [6.45, 7) is 2.11. The van der Waals surface area contributed by atoms with Gasteiger partial charge in [-0.3, -0.25) is 4.90 Å². The molecular weight excluding hydrogens is 336 g/mol. The van der Waals surface area contributed by atoms with Gasteiger partial charge >= 0.3 is 0 Å². The minimum Gasteiger partial charge on any atom is -0.497 e. The third-order valence-electron chi connectivity index (χ3n) is 6.16. The molecule has 138 valence electrons. The van der Waals surface area contributed by atoms with E-state index in [2.05, 4.69) is 69.5 Å². The first-order chi connectivity index (χ1) is 13.2. The molecule has 2 fully saturated rings. The van der Waals surface area contributed by atoms with Crippen molar-refractivity contribution in [2.75, 3.05) is 32.1 Å². The third kappa shape index (κ3) is 2.92. The van der Waals surface area contributed by atoms with Crippen LogP contribution in [0.5, 0.6) is 5.75 Å². The second-order valence-electron chi connectivity index (χ2n) is 7.66.